The van der Waals surface area contributed by atoms with Crippen LogP contribution in [0.4, 0.5) is 0 Å². The molecule has 2 aromatic heterocycles. The summed E-state index contributed by atoms with van der Waals surface area (Å²) in [5.74, 6) is 0.697. The lowest BCUT2D eigenvalue weighted by atomic mass is 9.56. The number of hydrogen-bond donors (Lipinski definition) is 3. The Balaban J connectivity index is 1.15. The zero-order valence-corrected chi connectivity index (χ0v) is 24.1. The molecular formula is C35H37N5O2. The van der Waals surface area contributed by atoms with E-state index in [1.54, 1.807) is 12.3 Å². The highest BCUT2D eigenvalue weighted by atomic mass is 16.1. The van der Waals surface area contributed by atoms with E-state index in [1.807, 2.05) is 12.1 Å². The largest absolute Gasteiger partial charge is 0.361 e. The topological polar surface area (TPSA) is 105 Å². The van der Waals surface area contributed by atoms with Gasteiger partial charge < -0.3 is 15.3 Å². The van der Waals surface area contributed by atoms with E-state index < -0.39 is 0 Å². The molecule has 2 aromatic carbocycles. The van der Waals surface area contributed by atoms with Gasteiger partial charge in [-0.2, -0.15) is 5.26 Å². The summed E-state index contributed by atoms with van der Waals surface area (Å²) in [6.07, 6.45) is 10.4. The zero-order valence-electron chi connectivity index (χ0n) is 24.1. The van der Waals surface area contributed by atoms with Crippen molar-refractivity contribution in [2.24, 2.45) is 11.3 Å². The molecule has 3 N–H and O–H groups in total. The second-order valence-corrected chi connectivity index (χ2v) is 12.8. The summed E-state index contributed by atoms with van der Waals surface area (Å²) < 4.78 is 0. The van der Waals surface area contributed by atoms with Crippen LogP contribution >= 0.6 is 0 Å². The molecule has 7 rings (SSSR count). The van der Waals surface area contributed by atoms with Crippen LogP contribution in [-0.2, 0) is 13.1 Å². The van der Waals surface area contributed by atoms with Crippen LogP contribution in [0.15, 0.2) is 65.7 Å². The predicted molar refractivity (Wildman–Crippen MR) is 163 cm³/mol. The Morgan fingerprint density at radius 2 is 1.86 bits per heavy atom. The van der Waals surface area contributed by atoms with Crippen LogP contribution in [0.25, 0.3) is 10.9 Å². The van der Waals surface area contributed by atoms with Gasteiger partial charge in [-0.1, -0.05) is 18.2 Å². The maximum Gasteiger partial charge on any atom is 0.251 e. The number of carbonyl (C=O) groups excluding carboxylic acids is 1. The zero-order chi connectivity index (χ0) is 28.8. The van der Waals surface area contributed by atoms with E-state index >= 15 is 0 Å². The van der Waals surface area contributed by atoms with Crippen molar-refractivity contribution in [1.82, 2.24) is 20.2 Å². The summed E-state index contributed by atoms with van der Waals surface area (Å²) in [7, 11) is 0. The van der Waals surface area contributed by atoms with Gasteiger partial charge in [0, 0.05) is 60.0 Å². The molecule has 1 aliphatic heterocycles. The molecule has 3 aliphatic rings. The van der Waals surface area contributed by atoms with Crippen molar-refractivity contribution < 1.29 is 4.79 Å². The summed E-state index contributed by atoms with van der Waals surface area (Å²) in [5.41, 5.74) is 8.19. The van der Waals surface area contributed by atoms with Gasteiger partial charge in [-0.25, -0.2) is 0 Å². The van der Waals surface area contributed by atoms with Crippen molar-refractivity contribution in [3.63, 3.8) is 0 Å². The van der Waals surface area contributed by atoms with Crippen molar-refractivity contribution in [1.29, 1.82) is 5.26 Å². The van der Waals surface area contributed by atoms with Crippen LogP contribution in [0.1, 0.15) is 88.7 Å². The van der Waals surface area contributed by atoms with Crippen molar-refractivity contribution in [3.8, 4) is 6.07 Å². The number of piperidine rings is 1. The first-order valence-electron chi connectivity index (χ1n) is 15.2. The maximum absolute atomic E-state index is 12.9. The fraction of sp³-hybridized carbons (Fsp3) is 0.400. The first kappa shape index (κ1) is 26.7. The van der Waals surface area contributed by atoms with Gasteiger partial charge in [-0.05, 0) is 115 Å². The van der Waals surface area contributed by atoms with Crippen LogP contribution in [0.5, 0.6) is 0 Å². The molecule has 42 heavy (non-hydrogen) atoms. The number of aryl methyl sites for hydroxylation is 1. The minimum Gasteiger partial charge on any atom is -0.361 e. The first-order chi connectivity index (χ1) is 20.4. The smallest absolute Gasteiger partial charge is 0.251 e. The quantitative estimate of drug-likeness (QED) is 0.250. The van der Waals surface area contributed by atoms with Crippen LogP contribution in [0.3, 0.4) is 0 Å². The molecule has 2 saturated carbocycles. The van der Waals surface area contributed by atoms with Crippen LogP contribution < -0.4 is 10.9 Å². The Kier molecular flexibility index (Phi) is 6.74. The predicted octanol–water partition coefficient (Wildman–Crippen LogP) is 6.23. The molecule has 7 nitrogen and oxygen atoms in total. The molecule has 4 aromatic rings. The average molecular weight is 560 g/mol. The Bertz CT molecular complexity index is 1730. The number of nitriles is 1. The second-order valence-electron chi connectivity index (χ2n) is 12.8. The molecule has 3 fully saturated rings. The third kappa shape index (κ3) is 5.05. The molecule has 0 bridgehead atoms. The van der Waals surface area contributed by atoms with Gasteiger partial charge in [-0.15, -0.1) is 0 Å². The Hall–Kier alpha value is -4.15. The molecule has 0 radical (unpaired) electrons. The Morgan fingerprint density at radius 3 is 2.60 bits per heavy atom. The normalized spacial score (nSPS) is 23.9. The summed E-state index contributed by atoms with van der Waals surface area (Å²) in [6, 6.07) is 18.7. The highest BCUT2D eigenvalue weighted by Crippen LogP contribution is 2.57. The maximum atomic E-state index is 12.9. The average Bonchev–Trinajstić information content (AvgIpc) is 3.71. The number of likely N-dealkylation sites (tertiary alicyclic amines) is 1. The van der Waals surface area contributed by atoms with Crippen LogP contribution in [-0.4, -0.2) is 27.3 Å². The van der Waals surface area contributed by atoms with E-state index in [1.165, 1.54) is 52.1 Å². The Labute approximate surface area is 246 Å². The number of rotatable bonds is 7. The van der Waals surface area contributed by atoms with Gasteiger partial charge in [0.05, 0.1) is 6.07 Å². The third-order valence-electron chi connectivity index (χ3n) is 9.95. The number of H-pyrrole nitrogens is 2. The lowest BCUT2D eigenvalue weighted by Gasteiger charge is -2.53. The standard InChI is InChI=1S/C35H37N5O2/c1-22-14-29(25-2-3-25)30(28-9-12-38-33(22)28)21-40-13-10-35(16-24(17-35)19-36)18-31(40)26-4-6-27(7-5-26)34(42)39-20-23-8-11-37-32(41)15-23/h4-9,11-12,14-15,24-25,31,38H,2-3,10,13,16-18,20-21H2,1H3,(H,37,41)(H,39,42). The number of aromatic nitrogens is 2. The lowest BCUT2D eigenvalue weighted by Crippen LogP contribution is -2.48. The number of aromatic amines is 2. The van der Waals surface area contributed by atoms with E-state index in [0.29, 0.717) is 18.0 Å². The molecule has 1 spiro atoms. The second kappa shape index (κ2) is 10.6. The number of amides is 1. The SMILES string of the molecule is Cc1cc(C2CC2)c(CN2CCC3(CC(C#N)C3)CC2c2ccc(C(=O)NCc3cc[nH]c(=O)c3)cc2)c2cc[nH]c12. The first-order valence-corrected chi connectivity index (χ1v) is 15.2. The Morgan fingerprint density at radius 1 is 1.07 bits per heavy atom. The minimum atomic E-state index is -0.180. The number of carbonyl (C=O) groups is 1. The van der Waals surface area contributed by atoms with Crippen molar-refractivity contribution >= 4 is 16.8 Å². The van der Waals surface area contributed by atoms with Crippen molar-refractivity contribution in [2.75, 3.05) is 6.54 Å². The molecule has 214 valence electrons. The number of nitrogens with zero attached hydrogens (tertiary/aromatic N) is 2. The fourth-order valence-electron chi connectivity index (χ4n) is 7.52. The molecule has 1 atom stereocenters. The molecular weight excluding hydrogens is 522 g/mol. The number of pyridine rings is 1. The molecule has 3 heterocycles. The summed E-state index contributed by atoms with van der Waals surface area (Å²) >= 11 is 0. The van der Waals surface area contributed by atoms with Crippen LogP contribution in [0, 0.1) is 29.6 Å². The van der Waals surface area contributed by atoms with Gasteiger partial charge in [0.2, 0.25) is 5.56 Å². The van der Waals surface area contributed by atoms with Crippen LogP contribution in [0.2, 0.25) is 0 Å². The third-order valence-corrected chi connectivity index (χ3v) is 9.95. The molecule has 7 heteroatoms. The van der Waals surface area contributed by atoms with E-state index in [4.69, 9.17) is 0 Å². The van der Waals surface area contributed by atoms with Crippen molar-refractivity contribution in [2.45, 2.75) is 70.5 Å². The highest BCUT2D eigenvalue weighted by Gasteiger charge is 2.49. The number of nitrogens with one attached hydrogen (secondary N) is 3. The molecule has 1 unspecified atom stereocenters. The highest BCUT2D eigenvalue weighted by molar-refractivity contribution is 5.94. The van der Waals surface area contributed by atoms with Gasteiger partial charge >= 0.3 is 0 Å². The van der Waals surface area contributed by atoms with Gasteiger partial charge in [0.25, 0.3) is 5.91 Å². The molecule has 1 amide bonds. The van der Waals surface area contributed by atoms with Crippen molar-refractivity contribution in [3.05, 3.63) is 105 Å². The summed E-state index contributed by atoms with van der Waals surface area (Å²) in [4.78, 5) is 33.2. The van der Waals surface area contributed by atoms with Gasteiger partial charge in [0.1, 0.15) is 0 Å². The summed E-state index contributed by atoms with van der Waals surface area (Å²) in [5, 5.41) is 13.8. The molecule has 2 aliphatic carbocycles. The fourth-order valence-corrected chi connectivity index (χ4v) is 7.52. The van der Waals surface area contributed by atoms with E-state index in [9.17, 15) is 14.9 Å². The monoisotopic (exact) mass is 559 g/mol. The molecule has 1 saturated heterocycles. The number of benzene rings is 2. The van der Waals surface area contributed by atoms with E-state index in [0.717, 1.165) is 44.3 Å². The van der Waals surface area contributed by atoms with Gasteiger partial charge in [0.15, 0.2) is 0 Å². The number of hydrogen-bond acceptors (Lipinski definition) is 4. The number of fused-ring (bicyclic) bond motifs is 1. The van der Waals surface area contributed by atoms with Gasteiger partial charge in [-0.3, -0.25) is 14.5 Å². The summed E-state index contributed by atoms with van der Waals surface area (Å²) in [6.45, 7) is 4.42. The lowest BCUT2D eigenvalue weighted by molar-refractivity contribution is -0.0297. The van der Waals surface area contributed by atoms with E-state index in [-0.39, 0.29) is 28.8 Å². The minimum absolute atomic E-state index is 0.154. The van der Waals surface area contributed by atoms with E-state index in [2.05, 4.69) is 63.6 Å².